The Morgan fingerprint density at radius 2 is 0.913 bits per heavy atom. The van der Waals surface area contributed by atoms with Crippen molar-refractivity contribution >= 4 is 43.1 Å². The Kier molecular flexibility index (Phi) is 6.17. The highest BCUT2D eigenvalue weighted by molar-refractivity contribution is 6.15. The SMILES string of the molecule is c1ccc(-c2nc(-c3ccc(-c4cccc5c4ccc4cc6ccccc6cc45)cc3)cc(-c3cccc4ccccc34)n2)cc1. The first-order valence-electron chi connectivity index (χ1n) is 15.7. The second-order valence-corrected chi connectivity index (χ2v) is 11.8. The number of hydrogen-bond donors (Lipinski definition) is 0. The van der Waals surface area contributed by atoms with Crippen LogP contribution in [0.15, 0.2) is 170 Å². The standard InChI is InChI=1S/C44H28N2/c1-2-11-32(12-3-1)44-45-42(28-43(46-44)40-19-8-15-29-10-6-7-16-37(29)40)31-22-20-30(21-23-31)36-17-9-18-38-39(36)25-24-35-26-33-13-4-5-14-34(33)27-41(35)38/h1-28H. The Bertz CT molecular complexity index is 2560. The van der Waals surface area contributed by atoms with Crippen molar-refractivity contribution in [1.82, 2.24) is 9.97 Å². The Labute approximate surface area is 267 Å². The molecule has 0 N–H and O–H groups in total. The molecule has 0 amide bonds. The molecule has 9 rings (SSSR count). The third-order valence-electron chi connectivity index (χ3n) is 9.06. The van der Waals surface area contributed by atoms with Gasteiger partial charge in [0.25, 0.3) is 0 Å². The zero-order valence-electron chi connectivity index (χ0n) is 25.1. The van der Waals surface area contributed by atoms with E-state index >= 15 is 0 Å². The van der Waals surface area contributed by atoms with Gasteiger partial charge in [0.15, 0.2) is 5.82 Å². The fourth-order valence-electron chi connectivity index (χ4n) is 6.75. The molecule has 0 aliphatic rings. The highest BCUT2D eigenvalue weighted by Crippen LogP contribution is 2.37. The Morgan fingerprint density at radius 1 is 0.283 bits per heavy atom. The van der Waals surface area contributed by atoms with Crippen molar-refractivity contribution in [1.29, 1.82) is 0 Å². The summed E-state index contributed by atoms with van der Waals surface area (Å²) < 4.78 is 0. The number of rotatable bonds is 4. The van der Waals surface area contributed by atoms with Crippen molar-refractivity contribution in [2.45, 2.75) is 0 Å². The van der Waals surface area contributed by atoms with Crippen LogP contribution >= 0.6 is 0 Å². The zero-order valence-corrected chi connectivity index (χ0v) is 25.1. The van der Waals surface area contributed by atoms with E-state index in [1.54, 1.807) is 0 Å². The molecule has 46 heavy (non-hydrogen) atoms. The second kappa shape index (κ2) is 10.8. The van der Waals surface area contributed by atoms with E-state index in [2.05, 4.69) is 152 Å². The topological polar surface area (TPSA) is 25.8 Å². The summed E-state index contributed by atoms with van der Waals surface area (Å²) in [7, 11) is 0. The predicted octanol–water partition coefficient (Wildman–Crippen LogP) is 11.8. The number of fused-ring (bicyclic) bond motifs is 5. The molecule has 1 heterocycles. The van der Waals surface area contributed by atoms with Crippen LogP contribution in [0.3, 0.4) is 0 Å². The van der Waals surface area contributed by atoms with Crippen molar-refractivity contribution in [3.63, 3.8) is 0 Å². The summed E-state index contributed by atoms with van der Waals surface area (Å²) in [5.74, 6) is 0.721. The maximum Gasteiger partial charge on any atom is 0.160 e. The smallest absolute Gasteiger partial charge is 0.160 e. The van der Waals surface area contributed by atoms with E-state index in [1.807, 2.05) is 18.2 Å². The Hall–Kier alpha value is -6.12. The molecule has 2 nitrogen and oxygen atoms in total. The number of hydrogen-bond acceptors (Lipinski definition) is 2. The van der Waals surface area contributed by atoms with Gasteiger partial charge in [-0.2, -0.15) is 0 Å². The molecule has 0 spiro atoms. The van der Waals surface area contributed by atoms with Crippen LogP contribution in [0.1, 0.15) is 0 Å². The van der Waals surface area contributed by atoms with Crippen LogP contribution in [0.4, 0.5) is 0 Å². The summed E-state index contributed by atoms with van der Waals surface area (Å²) in [5.41, 5.74) is 7.38. The van der Waals surface area contributed by atoms with Gasteiger partial charge in [-0.05, 0) is 72.4 Å². The molecule has 0 aliphatic carbocycles. The third kappa shape index (κ3) is 4.51. The second-order valence-electron chi connectivity index (χ2n) is 11.8. The minimum absolute atomic E-state index is 0.721. The number of benzene rings is 8. The average molecular weight is 585 g/mol. The maximum atomic E-state index is 5.08. The van der Waals surface area contributed by atoms with Crippen molar-refractivity contribution < 1.29 is 0 Å². The fraction of sp³-hybridized carbons (Fsp3) is 0. The van der Waals surface area contributed by atoms with Crippen LogP contribution < -0.4 is 0 Å². The largest absolute Gasteiger partial charge is 0.228 e. The van der Waals surface area contributed by atoms with Crippen molar-refractivity contribution in [3.8, 4) is 45.0 Å². The molecule has 0 aliphatic heterocycles. The Morgan fingerprint density at radius 3 is 1.76 bits per heavy atom. The number of nitrogens with zero attached hydrogens (tertiary/aromatic N) is 2. The van der Waals surface area contributed by atoms with Gasteiger partial charge in [0.2, 0.25) is 0 Å². The minimum Gasteiger partial charge on any atom is -0.228 e. The van der Waals surface area contributed by atoms with E-state index in [9.17, 15) is 0 Å². The van der Waals surface area contributed by atoms with Gasteiger partial charge in [-0.15, -0.1) is 0 Å². The molecule has 0 unspecified atom stereocenters. The van der Waals surface area contributed by atoms with Crippen LogP contribution in [-0.2, 0) is 0 Å². The summed E-state index contributed by atoms with van der Waals surface area (Å²) in [6.45, 7) is 0. The number of aromatic nitrogens is 2. The first kappa shape index (κ1) is 26.3. The summed E-state index contributed by atoms with van der Waals surface area (Å²) in [4.78, 5) is 10.2. The molecule has 0 bridgehead atoms. The summed E-state index contributed by atoms with van der Waals surface area (Å²) in [6.07, 6.45) is 0. The molecule has 0 fully saturated rings. The van der Waals surface area contributed by atoms with Crippen LogP contribution in [0, 0.1) is 0 Å². The van der Waals surface area contributed by atoms with Gasteiger partial charge < -0.3 is 0 Å². The molecular formula is C44H28N2. The van der Waals surface area contributed by atoms with Crippen molar-refractivity contribution in [2.75, 3.05) is 0 Å². The lowest BCUT2D eigenvalue weighted by molar-refractivity contribution is 1.18. The highest BCUT2D eigenvalue weighted by Gasteiger charge is 2.14. The predicted molar refractivity (Wildman–Crippen MR) is 194 cm³/mol. The first-order chi connectivity index (χ1) is 22.8. The minimum atomic E-state index is 0.721. The molecule has 1 aromatic heterocycles. The van der Waals surface area contributed by atoms with Crippen molar-refractivity contribution in [2.24, 2.45) is 0 Å². The first-order valence-corrected chi connectivity index (χ1v) is 15.7. The lowest BCUT2D eigenvalue weighted by Gasteiger charge is -2.13. The van der Waals surface area contributed by atoms with Gasteiger partial charge in [0.1, 0.15) is 0 Å². The molecule has 0 radical (unpaired) electrons. The van der Waals surface area contributed by atoms with Crippen LogP contribution in [0.5, 0.6) is 0 Å². The molecule has 0 saturated heterocycles. The highest BCUT2D eigenvalue weighted by atomic mass is 14.9. The summed E-state index contributed by atoms with van der Waals surface area (Å²) >= 11 is 0. The van der Waals surface area contributed by atoms with Gasteiger partial charge in [0.05, 0.1) is 11.4 Å². The van der Waals surface area contributed by atoms with Crippen molar-refractivity contribution in [3.05, 3.63) is 170 Å². The molecule has 0 atom stereocenters. The Balaban J connectivity index is 1.16. The van der Waals surface area contributed by atoms with E-state index in [1.165, 1.54) is 54.2 Å². The van der Waals surface area contributed by atoms with Gasteiger partial charge in [-0.25, -0.2) is 9.97 Å². The van der Waals surface area contributed by atoms with Crippen LogP contribution in [0.2, 0.25) is 0 Å². The molecule has 0 saturated carbocycles. The molecular weight excluding hydrogens is 556 g/mol. The van der Waals surface area contributed by atoms with Gasteiger partial charge in [-0.1, -0.05) is 152 Å². The van der Waals surface area contributed by atoms with E-state index in [0.29, 0.717) is 0 Å². The van der Waals surface area contributed by atoms with Gasteiger partial charge >= 0.3 is 0 Å². The average Bonchev–Trinajstić information content (AvgIpc) is 3.13. The molecule has 214 valence electrons. The normalized spacial score (nSPS) is 11.5. The van der Waals surface area contributed by atoms with E-state index in [-0.39, 0.29) is 0 Å². The zero-order chi connectivity index (χ0) is 30.5. The maximum absolute atomic E-state index is 5.08. The van der Waals surface area contributed by atoms with E-state index in [4.69, 9.17) is 9.97 Å². The molecule has 9 aromatic rings. The van der Waals surface area contributed by atoms with E-state index < -0.39 is 0 Å². The van der Waals surface area contributed by atoms with E-state index in [0.717, 1.165) is 33.9 Å². The molecule has 2 heteroatoms. The lowest BCUT2D eigenvalue weighted by Crippen LogP contribution is -1.96. The lowest BCUT2D eigenvalue weighted by atomic mass is 9.93. The van der Waals surface area contributed by atoms with Crippen LogP contribution in [0.25, 0.3) is 88.1 Å². The molecule has 8 aromatic carbocycles. The summed E-state index contributed by atoms with van der Waals surface area (Å²) in [5, 5.41) is 9.98. The summed E-state index contributed by atoms with van der Waals surface area (Å²) in [6, 6.07) is 60.4. The fourth-order valence-corrected chi connectivity index (χ4v) is 6.75. The van der Waals surface area contributed by atoms with Gasteiger partial charge in [-0.3, -0.25) is 0 Å². The quantitative estimate of drug-likeness (QED) is 0.152. The van der Waals surface area contributed by atoms with Crippen LogP contribution in [-0.4, -0.2) is 9.97 Å². The van der Waals surface area contributed by atoms with Gasteiger partial charge in [0, 0.05) is 16.7 Å². The monoisotopic (exact) mass is 584 g/mol. The third-order valence-corrected chi connectivity index (χ3v) is 9.06.